The molecule has 0 bridgehead atoms. The average Bonchev–Trinajstić information content (AvgIpc) is 3.16. The first-order valence-corrected chi connectivity index (χ1v) is 9.57. The van der Waals surface area contributed by atoms with Crippen molar-refractivity contribution < 1.29 is 9.21 Å². The summed E-state index contributed by atoms with van der Waals surface area (Å²) in [6.45, 7) is 0.961. The van der Waals surface area contributed by atoms with Gasteiger partial charge in [-0.3, -0.25) is 4.79 Å². The van der Waals surface area contributed by atoms with E-state index in [1.807, 2.05) is 30.3 Å². The first-order valence-electron chi connectivity index (χ1n) is 8.81. The number of hydrogen-bond acceptors (Lipinski definition) is 6. The Morgan fingerprint density at radius 1 is 1.11 bits per heavy atom. The quantitative estimate of drug-likeness (QED) is 0.509. The normalized spacial score (nSPS) is 10.6. The molecule has 0 radical (unpaired) electrons. The lowest BCUT2D eigenvalue weighted by Gasteiger charge is -2.08. The standard InChI is InChI=1S/C19H19Cl2N5O2/c20-14-11-15(21)18(24-12-14)23-10-9-22-16(27)7-4-8-17-25-26-19(28-17)13-5-2-1-3-6-13/h1-3,5-6,11-12H,4,7-10H2,(H,22,27)(H,23,24). The molecule has 0 saturated heterocycles. The van der Waals surface area contributed by atoms with E-state index < -0.39 is 0 Å². The van der Waals surface area contributed by atoms with E-state index in [2.05, 4.69) is 25.8 Å². The highest BCUT2D eigenvalue weighted by atomic mass is 35.5. The highest BCUT2D eigenvalue weighted by Crippen LogP contribution is 2.22. The van der Waals surface area contributed by atoms with Gasteiger partial charge in [-0.05, 0) is 24.6 Å². The van der Waals surface area contributed by atoms with Gasteiger partial charge < -0.3 is 15.1 Å². The second-order valence-corrected chi connectivity index (χ2v) is 6.82. The topological polar surface area (TPSA) is 92.9 Å². The molecular formula is C19H19Cl2N5O2. The summed E-state index contributed by atoms with van der Waals surface area (Å²) in [5.74, 6) is 1.50. The molecule has 0 aliphatic rings. The van der Waals surface area contributed by atoms with Crippen molar-refractivity contribution in [3.63, 3.8) is 0 Å². The number of amides is 1. The van der Waals surface area contributed by atoms with E-state index in [-0.39, 0.29) is 5.91 Å². The Kier molecular flexibility index (Phi) is 7.22. The molecule has 0 aliphatic carbocycles. The van der Waals surface area contributed by atoms with Gasteiger partial charge in [0.2, 0.25) is 17.7 Å². The van der Waals surface area contributed by atoms with Gasteiger partial charge in [-0.2, -0.15) is 0 Å². The van der Waals surface area contributed by atoms with Gasteiger partial charge in [-0.15, -0.1) is 10.2 Å². The Morgan fingerprint density at radius 3 is 2.71 bits per heavy atom. The average molecular weight is 420 g/mol. The molecular weight excluding hydrogens is 401 g/mol. The lowest BCUT2D eigenvalue weighted by Crippen LogP contribution is -2.28. The van der Waals surface area contributed by atoms with Crippen LogP contribution in [-0.4, -0.2) is 34.2 Å². The number of benzene rings is 1. The lowest BCUT2D eigenvalue weighted by atomic mass is 10.2. The number of carbonyl (C=O) groups is 1. The van der Waals surface area contributed by atoms with Gasteiger partial charge in [-0.25, -0.2) is 4.98 Å². The molecule has 7 nitrogen and oxygen atoms in total. The first kappa shape index (κ1) is 20.1. The fourth-order valence-electron chi connectivity index (χ4n) is 2.47. The maximum absolute atomic E-state index is 11.9. The van der Waals surface area contributed by atoms with Crippen LogP contribution in [0, 0.1) is 0 Å². The van der Waals surface area contributed by atoms with Crippen molar-refractivity contribution in [1.82, 2.24) is 20.5 Å². The van der Waals surface area contributed by atoms with Crippen molar-refractivity contribution in [2.45, 2.75) is 19.3 Å². The maximum Gasteiger partial charge on any atom is 0.247 e. The number of anilines is 1. The van der Waals surface area contributed by atoms with Crippen LogP contribution in [-0.2, 0) is 11.2 Å². The van der Waals surface area contributed by atoms with Crippen LogP contribution >= 0.6 is 23.2 Å². The number of aromatic nitrogens is 3. The summed E-state index contributed by atoms with van der Waals surface area (Å²) in [5, 5.41) is 14.9. The monoisotopic (exact) mass is 419 g/mol. The first-order chi connectivity index (χ1) is 13.6. The Hall–Kier alpha value is -2.64. The number of halogens is 2. The van der Waals surface area contributed by atoms with Gasteiger partial charge in [0, 0.05) is 37.7 Å². The van der Waals surface area contributed by atoms with Gasteiger partial charge in [0.15, 0.2) is 0 Å². The van der Waals surface area contributed by atoms with E-state index in [4.69, 9.17) is 27.6 Å². The minimum Gasteiger partial charge on any atom is -0.421 e. The SMILES string of the molecule is O=C(CCCc1nnc(-c2ccccc2)o1)NCCNc1ncc(Cl)cc1Cl. The van der Waals surface area contributed by atoms with Crippen molar-refractivity contribution in [1.29, 1.82) is 0 Å². The van der Waals surface area contributed by atoms with E-state index >= 15 is 0 Å². The van der Waals surface area contributed by atoms with Gasteiger partial charge in [0.25, 0.3) is 0 Å². The Balaban J connectivity index is 1.33. The van der Waals surface area contributed by atoms with Crippen LogP contribution in [0.25, 0.3) is 11.5 Å². The Morgan fingerprint density at radius 2 is 1.93 bits per heavy atom. The Bertz CT molecular complexity index is 918. The van der Waals surface area contributed by atoms with Crippen molar-refractivity contribution >= 4 is 34.9 Å². The summed E-state index contributed by atoms with van der Waals surface area (Å²) in [7, 11) is 0. The largest absolute Gasteiger partial charge is 0.421 e. The van der Waals surface area contributed by atoms with Crippen molar-refractivity contribution in [3.05, 3.63) is 58.5 Å². The van der Waals surface area contributed by atoms with Crippen molar-refractivity contribution in [3.8, 4) is 11.5 Å². The zero-order valence-electron chi connectivity index (χ0n) is 15.0. The van der Waals surface area contributed by atoms with Crippen LogP contribution in [0.1, 0.15) is 18.7 Å². The smallest absolute Gasteiger partial charge is 0.247 e. The van der Waals surface area contributed by atoms with Crippen molar-refractivity contribution in [2.75, 3.05) is 18.4 Å². The van der Waals surface area contributed by atoms with Gasteiger partial charge in [0.1, 0.15) is 5.82 Å². The van der Waals surface area contributed by atoms with E-state index in [1.165, 1.54) is 6.20 Å². The fourth-order valence-corrected chi connectivity index (χ4v) is 2.91. The molecule has 2 heterocycles. The van der Waals surface area contributed by atoms with Gasteiger partial charge in [0.05, 0.1) is 10.0 Å². The second kappa shape index (κ2) is 10.1. The third-order valence-corrected chi connectivity index (χ3v) is 4.32. The minimum atomic E-state index is -0.0419. The number of hydrogen-bond donors (Lipinski definition) is 2. The molecule has 2 N–H and O–H groups in total. The molecule has 0 spiro atoms. The summed E-state index contributed by atoms with van der Waals surface area (Å²) in [6, 6.07) is 11.2. The van der Waals surface area contributed by atoms with Crippen LogP contribution < -0.4 is 10.6 Å². The van der Waals surface area contributed by atoms with E-state index in [0.717, 1.165) is 5.56 Å². The van der Waals surface area contributed by atoms with E-state index in [9.17, 15) is 4.79 Å². The number of carbonyl (C=O) groups excluding carboxylic acids is 1. The third kappa shape index (κ3) is 5.94. The molecule has 3 rings (SSSR count). The molecule has 1 amide bonds. The summed E-state index contributed by atoms with van der Waals surface area (Å²) in [5.41, 5.74) is 0.877. The minimum absolute atomic E-state index is 0.0419. The number of nitrogens with one attached hydrogen (secondary N) is 2. The summed E-state index contributed by atoms with van der Waals surface area (Å²) >= 11 is 11.8. The van der Waals surface area contributed by atoms with Gasteiger partial charge in [-0.1, -0.05) is 41.4 Å². The molecule has 3 aromatic rings. The molecule has 0 atom stereocenters. The molecule has 0 saturated carbocycles. The molecule has 146 valence electrons. The molecule has 0 unspecified atom stereocenters. The number of aryl methyl sites for hydroxylation is 1. The highest BCUT2D eigenvalue weighted by molar-refractivity contribution is 6.35. The zero-order chi connectivity index (χ0) is 19.8. The predicted molar refractivity (Wildman–Crippen MR) is 108 cm³/mol. The number of pyridine rings is 1. The van der Waals surface area contributed by atoms with Crippen LogP contribution in [0.2, 0.25) is 10.0 Å². The highest BCUT2D eigenvalue weighted by Gasteiger charge is 2.09. The number of nitrogens with zero attached hydrogens (tertiary/aromatic N) is 3. The van der Waals surface area contributed by atoms with Crippen LogP contribution in [0.3, 0.4) is 0 Å². The summed E-state index contributed by atoms with van der Waals surface area (Å²) < 4.78 is 5.63. The van der Waals surface area contributed by atoms with Crippen LogP contribution in [0.15, 0.2) is 47.0 Å². The molecule has 0 fully saturated rings. The maximum atomic E-state index is 11.9. The Labute approximate surface area is 172 Å². The molecule has 0 aliphatic heterocycles. The third-order valence-electron chi connectivity index (χ3n) is 3.83. The summed E-state index contributed by atoms with van der Waals surface area (Å²) in [4.78, 5) is 16.0. The van der Waals surface area contributed by atoms with Crippen LogP contribution in [0.4, 0.5) is 5.82 Å². The predicted octanol–water partition coefficient (Wildman–Crippen LogP) is 3.99. The van der Waals surface area contributed by atoms with Crippen molar-refractivity contribution in [2.24, 2.45) is 0 Å². The van der Waals surface area contributed by atoms with E-state index in [1.54, 1.807) is 6.07 Å². The second-order valence-electron chi connectivity index (χ2n) is 5.98. The lowest BCUT2D eigenvalue weighted by molar-refractivity contribution is -0.121. The molecule has 9 heteroatoms. The molecule has 28 heavy (non-hydrogen) atoms. The molecule has 2 aromatic heterocycles. The number of rotatable bonds is 9. The fraction of sp³-hybridized carbons (Fsp3) is 0.263. The molecule has 1 aromatic carbocycles. The van der Waals surface area contributed by atoms with Crippen LogP contribution in [0.5, 0.6) is 0 Å². The summed E-state index contributed by atoms with van der Waals surface area (Å²) in [6.07, 6.45) is 3.06. The zero-order valence-corrected chi connectivity index (χ0v) is 16.5. The van der Waals surface area contributed by atoms with Gasteiger partial charge >= 0.3 is 0 Å². The van der Waals surface area contributed by atoms with E-state index in [0.29, 0.717) is 60.0 Å².